The maximum absolute atomic E-state index is 12.5. The largest absolute Gasteiger partial charge is 0.493 e. The van der Waals surface area contributed by atoms with Crippen LogP contribution in [-0.2, 0) is 0 Å². The highest BCUT2D eigenvalue weighted by Gasteiger charge is 2.13. The summed E-state index contributed by atoms with van der Waals surface area (Å²) in [5.74, 6) is 2.01. The van der Waals surface area contributed by atoms with E-state index in [1.54, 1.807) is 24.4 Å². The number of rotatable bonds is 12. The van der Waals surface area contributed by atoms with E-state index in [4.69, 9.17) is 18.9 Å². The predicted molar refractivity (Wildman–Crippen MR) is 125 cm³/mol. The van der Waals surface area contributed by atoms with Crippen molar-refractivity contribution in [3.63, 3.8) is 0 Å². The molecule has 7 nitrogen and oxygen atoms in total. The fraction of sp³-hybridized carbons (Fsp3) is 0.391. The summed E-state index contributed by atoms with van der Waals surface area (Å²) in [5, 5.41) is 4.07. The van der Waals surface area contributed by atoms with Gasteiger partial charge in [-0.3, -0.25) is 4.79 Å². The minimum Gasteiger partial charge on any atom is -0.493 e. The highest BCUT2D eigenvalue weighted by molar-refractivity contribution is 9.10. The summed E-state index contributed by atoms with van der Waals surface area (Å²) in [6.07, 6.45) is 3.32. The van der Waals surface area contributed by atoms with Crippen LogP contribution in [0.15, 0.2) is 39.9 Å². The van der Waals surface area contributed by atoms with E-state index in [-0.39, 0.29) is 5.91 Å². The summed E-state index contributed by atoms with van der Waals surface area (Å²) in [5.41, 5.74) is 3.69. The second-order valence-electron chi connectivity index (χ2n) is 6.52. The van der Waals surface area contributed by atoms with Gasteiger partial charge in [-0.15, -0.1) is 0 Å². The summed E-state index contributed by atoms with van der Waals surface area (Å²) in [6, 6.07) is 8.68. The summed E-state index contributed by atoms with van der Waals surface area (Å²) in [6.45, 7) is 7.65. The molecule has 0 spiro atoms. The first kappa shape index (κ1) is 24.5. The molecule has 8 heteroatoms. The summed E-state index contributed by atoms with van der Waals surface area (Å²) >= 11 is 3.52. The number of benzene rings is 2. The van der Waals surface area contributed by atoms with Crippen LogP contribution in [0.2, 0.25) is 0 Å². The molecule has 0 aliphatic heterocycles. The topological polar surface area (TPSA) is 78.4 Å². The Bertz CT molecular complexity index is 902. The van der Waals surface area contributed by atoms with Gasteiger partial charge in [-0.1, -0.05) is 13.8 Å². The second kappa shape index (κ2) is 12.8. The average Bonchev–Trinajstić information content (AvgIpc) is 2.77. The SMILES string of the molecule is CCCOc1ccc(C(=O)N/N=C/c2cc(Br)c(OCCC)c(OCC)c2)cc1OC. The first-order valence-corrected chi connectivity index (χ1v) is 11.1. The number of ether oxygens (including phenoxy) is 4. The van der Waals surface area contributed by atoms with Crippen molar-refractivity contribution in [1.29, 1.82) is 0 Å². The van der Waals surface area contributed by atoms with E-state index in [9.17, 15) is 4.79 Å². The van der Waals surface area contributed by atoms with Gasteiger partial charge in [0.05, 0.1) is 37.6 Å². The van der Waals surface area contributed by atoms with Crippen molar-refractivity contribution in [2.75, 3.05) is 26.9 Å². The number of methoxy groups -OCH3 is 1. The Balaban J connectivity index is 2.11. The van der Waals surface area contributed by atoms with E-state index in [1.165, 1.54) is 7.11 Å². The lowest BCUT2D eigenvalue weighted by molar-refractivity contribution is 0.0954. The first-order valence-electron chi connectivity index (χ1n) is 10.3. The highest BCUT2D eigenvalue weighted by atomic mass is 79.9. The number of halogens is 1. The van der Waals surface area contributed by atoms with Gasteiger partial charge in [0.1, 0.15) is 0 Å². The smallest absolute Gasteiger partial charge is 0.271 e. The van der Waals surface area contributed by atoms with Crippen LogP contribution in [0.5, 0.6) is 23.0 Å². The number of hydrazone groups is 1. The summed E-state index contributed by atoms with van der Waals surface area (Å²) in [7, 11) is 1.54. The highest BCUT2D eigenvalue weighted by Crippen LogP contribution is 2.36. The minimum atomic E-state index is -0.358. The molecule has 0 aliphatic rings. The third kappa shape index (κ3) is 7.17. The summed E-state index contributed by atoms with van der Waals surface area (Å²) in [4.78, 5) is 12.5. The minimum absolute atomic E-state index is 0.358. The maximum atomic E-state index is 12.5. The van der Waals surface area contributed by atoms with Crippen molar-refractivity contribution in [3.05, 3.63) is 45.9 Å². The maximum Gasteiger partial charge on any atom is 0.271 e. The Morgan fingerprint density at radius 1 is 1.00 bits per heavy atom. The van der Waals surface area contributed by atoms with E-state index in [2.05, 4.69) is 26.5 Å². The van der Waals surface area contributed by atoms with Crippen molar-refractivity contribution < 1.29 is 23.7 Å². The molecule has 1 amide bonds. The van der Waals surface area contributed by atoms with Gasteiger partial charge in [-0.05, 0) is 71.6 Å². The number of amides is 1. The molecule has 0 saturated carbocycles. The number of carbonyl (C=O) groups is 1. The second-order valence-corrected chi connectivity index (χ2v) is 7.38. The third-order valence-electron chi connectivity index (χ3n) is 4.05. The molecule has 2 rings (SSSR count). The van der Waals surface area contributed by atoms with Crippen LogP contribution in [0.4, 0.5) is 0 Å². The van der Waals surface area contributed by atoms with Gasteiger partial charge in [-0.25, -0.2) is 5.43 Å². The fourth-order valence-electron chi connectivity index (χ4n) is 2.64. The van der Waals surface area contributed by atoms with Crippen LogP contribution < -0.4 is 24.4 Å². The van der Waals surface area contributed by atoms with Gasteiger partial charge in [0.2, 0.25) is 0 Å². The van der Waals surface area contributed by atoms with Crippen molar-refractivity contribution >= 4 is 28.1 Å². The number of hydrogen-bond acceptors (Lipinski definition) is 6. The Morgan fingerprint density at radius 3 is 2.42 bits per heavy atom. The van der Waals surface area contributed by atoms with Gasteiger partial charge >= 0.3 is 0 Å². The number of hydrogen-bond donors (Lipinski definition) is 1. The lowest BCUT2D eigenvalue weighted by Crippen LogP contribution is -2.17. The zero-order valence-electron chi connectivity index (χ0n) is 18.4. The molecular formula is C23H29BrN2O5. The van der Waals surface area contributed by atoms with Crippen LogP contribution in [-0.4, -0.2) is 39.1 Å². The molecule has 0 saturated heterocycles. The molecule has 31 heavy (non-hydrogen) atoms. The van der Waals surface area contributed by atoms with E-state index in [0.717, 1.165) is 22.9 Å². The van der Waals surface area contributed by atoms with Crippen LogP contribution in [0.1, 0.15) is 49.5 Å². The summed E-state index contributed by atoms with van der Waals surface area (Å²) < 4.78 is 23.2. The van der Waals surface area contributed by atoms with Crippen molar-refractivity contribution in [1.82, 2.24) is 5.43 Å². The van der Waals surface area contributed by atoms with Gasteiger partial charge in [0.25, 0.3) is 5.91 Å². The lowest BCUT2D eigenvalue weighted by Gasteiger charge is -2.14. The number of nitrogens with zero attached hydrogens (tertiary/aromatic N) is 1. The molecule has 0 unspecified atom stereocenters. The van der Waals surface area contributed by atoms with Crippen molar-refractivity contribution in [2.45, 2.75) is 33.6 Å². The van der Waals surface area contributed by atoms with E-state index in [0.29, 0.717) is 48.4 Å². The van der Waals surface area contributed by atoms with Crippen LogP contribution in [0, 0.1) is 0 Å². The lowest BCUT2D eigenvalue weighted by atomic mass is 10.2. The molecule has 0 heterocycles. The number of nitrogens with one attached hydrogen (secondary N) is 1. The van der Waals surface area contributed by atoms with Gasteiger partial charge in [0.15, 0.2) is 23.0 Å². The molecule has 168 valence electrons. The van der Waals surface area contributed by atoms with Crippen molar-refractivity contribution in [3.8, 4) is 23.0 Å². The predicted octanol–water partition coefficient (Wildman–Crippen LogP) is 5.20. The number of carbonyl (C=O) groups excluding carboxylic acids is 1. The zero-order valence-corrected chi connectivity index (χ0v) is 20.0. The molecule has 1 N–H and O–H groups in total. The molecule has 0 fully saturated rings. The molecule has 0 atom stereocenters. The van der Waals surface area contributed by atoms with Crippen LogP contribution in [0.25, 0.3) is 0 Å². The first-order chi connectivity index (χ1) is 15.0. The standard InChI is InChI=1S/C23H29BrN2O5/c1-5-10-30-19-9-8-17(14-20(19)28-4)23(27)26-25-15-16-12-18(24)22(31-11-6-2)21(13-16)29-7-3/h8-9,12-15H,5-7,10-11H2,1-4H3,(H,26,27)/b25-15+. The molecule has 0 radical (unpaired) electrons. The monoisotopic (exact) mass is 492 g/mol. The molecular weight excluding hydrogens is 464 g/mol. The zero-order chi connectivity index (χ0) is 22.6. The quantitative estimate of drug-likeness (QED) is 0.325. The van der Waals surface area contributed by atoms with Gasteiger partial charge in [0, 0.05) is 5.56 Å². The average molecular weight is 493 g/mol. The van der Waals surface area contributed by atoms with Gasteiger partial charge < -0.3 is 18.9 Å². The normalized spacial score (nSPS) is 10.7. The molecule has 0 aliphatic carbocycles. The molecule has 0 bridgehead atoms. The Morgan fingerprint density at radius 2 is 1.74 bits per heavy atom. The van der Waals surface area contributed by atoms with E-state index >= 15 is 0 Å². The fourth-order valence-corrected chi connectivity index (χ4v) is 3.21. The Labute approximate surface area is 191 Å². The van der Waals surface area contributed by atoms with E-state index < -0.39 is 0 Å². The van der Waals surface area contributed by atoms with Crippen molar-refractivity contribution in [2.24, 2.45) is 5.10 Å². The Kier molecular flexibility index (Phi) is 10.2. The third-order valence-corrected chi connectivity index (χ3v) is 4.64. The van der Waals surface area contributed by atoms with E-state index in [1.807, 2.05) is 32.9 Å². The molecule has 2 aromatic rings. The van der Waals surface area contributed by atoms with Crippen LogP contribution in [0.3, 0.4) is 0 Å². The van der Waals surface area contributed by atoms with Crippen LogP contribution >= 0.6 is 15.9 Å². The van der Waals surface area contributed by atoms with Gasteiger partial charge in [-0.2, -0.15) is 5.10 Å². The molecule has 0 aromatic heterocycles. The Hall–Kier alpha value is -2.74. The molecule has 2 aromatic carbocycles.